The van der Waals surface area contributed by atoms with Crippen molar-refractivity contribution in [3.63, 3.8) is 0 Å². The smallest absolute Gasteiger partial charge is 0.326 e. The number of aromatic hydroxyl groups is 1. The Bertz CT molecular complexity index is 2990. The molecular weight excluding hydrogens is 1080 g/mol. The quantitative estimate of drug-likeness (QED) is 0.0321. The van der Waals surface area contributed by atoms with E-state index in [4.69, 9.17) is 0 Å². The van der Waals surface area contributed by atoms with Gasteiger partial charge in [0.05, 0.1) is 18.7 Å². The predicted molar refractivity (Wildman–Crippen MR) is 308 cm³/mol. The van der Waals surface area contributed by atoms with Gasteiger partial charge in [-0.2, -0.15) is 0 Å². The maximum atomic E-state index is 14.8. The number of rotatable bonds is 29. The molecule has 0 radical (unpaired) electrons. The molecule has 0 aliphatic carbocycles. The number of benzene rings is 3. The zero-order valence-electron chi connectivity index (χ0n) is 47.6. The van der Waals surface area contributed by atoms with Gasteiger partial charge in [-0.25, -0.2) is 14.8 Å². The standard InChI is InChI=1S/C60H77N13O11/c1-35(2)25-44(53(76)67-46(27-38-15-9-6-10-16-38)56(79)72-51(36(3)4)58(81)71-49(60(83)84)28-39-19-21-42(74)22-20-39)66-55(78)47(29-40-31-61-33-64-40)68-54(77)45(26-37-13-7-5-8-14-37)69-57(80)50-18-12-24-73(50)59(82)48(30-41-32-62-34-65-41)70-52(75)43-17-11-23-63-43/h5-10,13-16,19-22,31-36,43-51,63,74H,11-12,17-18,23-30H2,1-4H3,(H,61,64)(H,62,65)(H,66,78)(H,67,76)(H,68,77)(H,69,80)(H,70,75)(H,71,81)(H,72,79)(H,83,84)/t43-,44+,45+,46+,47+,48+,49+,50-,51+/m1/s1. The zero-order valence-corrected chi connectivity index (χ0v) is 47.6. The number of amides is 8. The summed E-state index contributed by atoms with van der Waals surface area (Å²) in [6.07, 6.45) is 7.90. The summed E-state index contributed by atoms with van der Waals surface area (Å²) >= 11 is 0. The molecule has 2 aromatic heterocycles. The van der Waals surface area contributed by atoms with Gasteiger partial charge < -0.3 is 67.6 Å². The number of aromatic nitrogens is 4. The van der Waals surface area contributed by atoms with Gasteiger partial charge >= 0.3 is 5.97 Å². The number of H-pyrrole nitrogens is 2. The highest BCUT2D eigenvalue weighted by Crippen LogP contribution is 2.22. The third-order valence-corrected chi connectivity index (χ3v) is 14.8. The fraction of sp³-hybridized carbons (Fsp3) is 0.450. The fourth-order valence-corrected chi connectivity index (χ4v) is 10.3. The highest BCUT2D eigenvalue weighted by molar-refractivity contribution is 5.98. The first-order valence-electron chi connectivity index (χ1n) is 28.5. The van der Waals surface area contributed by atoms with Crippen LogP contribution in [0.3, 0.4) is 0 Å². The molecule has 4 heterocycles. The number of carboxylic acid groups (broad SMARTS) is 1. The Hall–Kier alpha value is -8.93. The van der Waals surface area contributed by atoms with Crippen LogP contribution in [0.4, 0.5) is 0 Å². The molecule has 24 heteroatoms. The number of aliphatic carboxylic acids is 1. The Kier molecular flexibility index (Phi) is 22.7. The highest BCUT2D eigenvalue weighted by atomic mass is 16.4. The van der Waals surface area contributed by atoms with Crippen LogP contribution < -0.4 is 42.5 Å². The molecular formula is C60H77N13O11. The van der Waals surface area contributed by atoms with Crippen LogP contribution in [0.25, 0.3) is 0 Å². The fourth-order valence-electron chi connectivity index (χ4n) is 10.3. The summed E-state index contributed by atoms with van der Waals surface area (Å²) in [5.41, 5.74) is 2.90. The average molecular weight is 1160 g/mol. The number of imidazole rings is 2. The number of phenols is 1. The van der Waals surface area contributed by atoms with E-state index < -0.39 is 108 Å². The highest BCUT2D eigenvalue weighted by Gasteiger charge is 2.41. The molecule has 0 bridgehead atoms. The van der Waals surface area contributed by atoms with Crippen LogP contribution in [0.5, 0.6) is 5.75 Å². The first-order valence-corrected chi connectivity index (χ1v) is 28.5. The lowest BCUT2D eigenvalue weighted by Crippen LogP contribution is -2.61. The molecule has 0 saturated carbocycles. The normalized spacial score (nSPS) is 17.4. The van der Waals surface area contributed by atoms with Crippen molar-refractivity contribution in [3.05, 3.63) is 138 Å². The zero-order chi connectivity index (χ0) is 60.3. The van der Waals surface area contributed by atoms with Crippen LogP contribution in [0, 0.1) is 11.8 Å². The van der Waals surface area contributed by atoms with E-state index in [-0.39, 0.29) is 69.1 Å². The minimum absolute atomic E-state index is 0.0168. The summed E-state index contributed by atoms with van der Waals surface area (Å²) in [6.45, 7) is 7.89. The Balaban J connectivity index is 1.09. The molecule has 8 amide bonds. The topological polar surface area (TPSA) is 351 Å². The summed E-state index contributed by atoms with van der Waals surface area (Å²) in [7, 11) is 0. The summed E-state index contributed by atoms with van der Waals surface area (Å²) in [4.78, 5) is 143. The van der Waals surface area contributed by atoms with Gasteiger partial charge in [0.2, 0.25) is 47.3 Å². The number of carbonyl (C=O) groups excluding carboxylic acids is 8. The van der Waals surface area contributed by atoms with Crippen LogP contribution in [0.15, 0.2) is 110 Å². The van der Waals surface area contributed by atoms with Crippen molar-refractivity contribution in [2.75, 3.05) is 13.1 Å². The largest absolute Gasteiger partial charge is 0.508 e. The molecule has 0 unspecified atom stereocenters. The lowest BCUT2D eigenvalue weighted by Gasteiger charge is -2.31. The minimum atomic E-state index is -1.39. The van der Waals surface area contributed by atoms with Crippen LogP contribution in [-0.2, 0) is 75.3 Å². The van der Waals surface area contributed by atoms with E-state index in [9.17, 15) is 53.4 Å². The number of hydrogen-bond acceptors (Lipinski definition) is 13. The van der Waals surface area contributed by atoms with Crippen LogP contribution in [-0.4, -0.2) is 156 Å². The summed E-state index contributed by atoms with van der Waals surface area (Å²) in [5, 5.41) is 42.5. The lowest BCUT2D eigenvalue weighted by molar-refractivity contribution is -0.142. The molecule has 12 N–H and O–H groups in total. The Morgan fingerprint density at radius 2 is 1.04 bits per heavy atom. The monoisotopic (exact) mass is 1160 g/mol. The van der Waals surface area contributed by atoms with Crippen molar-refractivity contribution in [2.24, 2.45) is 11.8 Å². The molecule has 448 valence electrons. The van der Waals surface area contributed by atoms with E-state index in [0.29, 0.717) is 47.5 Å². The second kappa shape index (κ2) is 30.4. The summed E-state index contributed by atoms with van der Waals surface area (Å²) in [6, 6.07) is 13.1. The molecule has 0 spiro atoms. The summed E-state index contributed by atoms with van der Waals surface area (Å²) in [5.74, 6) is -7.35. The number of nitrogens with one attached hydrogen (secondary N) is 10. The van der Waals surface area contributed by atoms with Gasteiger partial charge in [0.15, 0.2) is 0 Å². The molecule has 2 aliphatic rings. The Labute approximate surface area is 487 Å². The number of nitrogens with zero attached hydrogens (tertiary/aromatic N) is 3. The lowest BCUT2D eigenvalue weighted by atomic mass is 9.98. The van der Waals surface area contributed by atoms with E-state index >= 15 is 0 Å². The third-order valence-electron chi connectivity index (χ3n) is 14.8. The number of likely N-dealkylation sites (tertiary alicyclic amines) is 1. The molecule has 24 nitrogen and oxygen atoms in total. The van der Waals surface area contributed by atoms with E-state index in [1.54, 1.807) is 80.7 Å². The SMILES string of the molecule is CC(C)C[C@H](NC(=O)[C@H](Cc1cnc[nH]1)NC(=O)[C@H](Cc1ccccc1)NC(=O)[C@H]1CCCN1C(=O)[C@H](Cc1cnc[nH]1)NC(=O)[C@H]1CCCN1)C(=O)N[C@@H](Cc1ccccc1)C(=O)N[C@H](C(=O)N[C@@H](Cc1ccc(O)cc1)C(=O)O)C(C)C. The van der Waals surface area contributed by atoms with E-state index in [0.717, 1.165) is 6.42 Å². The van der Waals surface area contributed by atoms with E-state index in [1.165, 1.54) is 48.0 Å². The van der Waals surface area contributed by atoms with Gasteiger partial charge in [0.1, 0.15) is 54.1 Å². The average Bonchev–Trinajstić information content (AvgIpc) is 4.29. The number of hydrogen-bond donors (Lipinski definition) is 12. The first kappa shape index (κ1) is 62.7. The van der Waals surface area contributed by atoms with Crippen molar-refractivity contribution in [3.8, 4) is 5.75 Å². The molecule has 5 aromatic rings. The van der Waals surface area contributed by atoms with Crippen molar-refractivity contribution in [2.45, 2.75) is 146 Å². The second-order valence-electron chi connectivity index (χ2n) is 22.2. The van der Waals surface area contributed by atoms with E-state index in [2.05, 4.69) is 62.5 Å². The maximum absolute atomic E-state index is 14.8. The number of aromatic amines is 2. The van der Waals surface area contributed by atoms with Crippen molar-refractivity contribution in [1.82, 2.24) is 67.4 Å². The number of phenolic OH excluding ortho intramolecular Hbond substituents is 1. The molecule has 2 saturated heterocycles. The predicted octanol–water partition coefficient (Wildman–Crippen LogP) is 1.28. The molecule has 9 atom stereocenters. The van der Waals surface area contributed by atoms with Gasteiger partial charge in [0.25, 0.3) is 0 Å². The number of carbonyl (C=O) groups is 9. The minimum Gasteiger partial charge on any atom is -0.508 e. The molecule has 7 rings (SSSR count). The summed E-state index contributed by atoms with van der Waals surface area (Å²) < 4.78 is 0. The van der Waals surface area contributed by atoms with Crippen LogP contribution in [0.2, 0.25) is 0 Å². The number of carboxylic acids is 1. The Morgan fingerprint density at radius 1 is 0.548 bits per heavy atom. The van der Waals surface area contributed by atoms with Crippen LogP contribution in [0.1, 0.15) is 87.9 Å². The molecule has 2 aliphatic heterocycles. The molecule has 84 heavy (non-hydrogen) atoms. The maximum Gasteiger partial charge on any atom is 0.326 e. The van der Waals surface area contributed by atoms with Crippen LogP contribution >= 0.6 is 0 Å². The third kappa shape index (κ3) is 18.3. The van der Waals surface area contributed by atoms with Gasteiger partial charge in [-0.3, -0.25) is 38.4 Å². The van der Waals surface area contributed by atoms with E-state index in [1.807, 2.05) is 13.8 Å². The van der Waals surface area contributed by atoms with Gasteiger partial charge in [-0.15, -0.1) is 0 Å². The second-order valence-corrected chi connectivity index (χ2v) is 22.2. The van der Waals surface area contributed by atoms with Gasteiger partial charge in [0, 0.05) is 62.4 Å². The van der Waals surface area contributed by atoms with Crippen molar-refractivity contribution in [1.29, 1.82) is 0 Å². The van der Waals surface area contributed by atoms with Gasteiger partial charge in [-0.05, 0) is 79.3 Å². The van der Waals surface area contributed by atoms with Gasteiger partial charge in [-0.1, -0.05) is 100 Å². The first-order chi connectivity index (χ1) is 40.3. The van der Waals surface area contributed by atoms with Crippen molar-refractivity contribution < 1.29 is 53.4 Å². The molecule has 2 fully saturated rings. The Morgan fingerprint density at radius 3 is 1.56 bits per heavy atom. The van der Waals surface area contributed by atoms with Crippen molar-refractivity contribution >= 4 is 53.2 Å². The molecule has 3 aromatic carbocycles.